The number of nitrogens with zero attached hydrogens (tertiary/aromatic N) is 5. The summed E-state index contributed by atoms with van der Waals surface area (Å²) < 4.78 is 4.99. The number of benzene rings is 1. The van der Waals surface area contributed by atoms with Crippen molar-refractivity contribution >= 4 is 16.7 Å². The van der Waals surface area contributed by atoms with Gasteiger partial charge in [-0.1, -0.05) is 6.07 Å². The van der Waals surface area contributed by atoms with Crippen LogP contribution in [0.1, 0.15) is 12.8 Å². The predicted octanol–water partition coefficient (Wildman–Crippen LogP) is 2.82. The van der Waals surface area contributed by atoms with Crippen LogP contribution in [0, 0.1) is 5.92 Å². The Labute approximate surface area is 146 Å². The van der Waals surface area contributed by atoms with Gasteiger partial charge in [-0.25, -0.2) is 4.63 Å². The Hall–Kier alpha value is -2.47. The standard InChI is InChI=1S/C19H21N5O/c1-2-6-20-16(5-1)15-9-17-19(22-25-21-17)18(10-15)24-12-14(13-24)11-23-7-3-4-8-23/h1-2,5-6,9-10,14H,3-4,7-8,11-13H2. The molecule has 128 valence electrons. The van der Waals surface area contributed by atoms with Crippen LogP contribution in [0.5, 0.6) is 0 Å². The molecule has 0 N–H and O–H groups in total. The quantitative estimate of drug-likeness (QED) is 0.731. The summed E-state index contributed by atoms with van der Waals surface area (Å²) in [4.78, 5) is 9.45. The molecule has 2 aliphatic rings. The second-order valence-electron chi connectivity index (χ2n) is 7.12. The second kappa shape index (κ2) is 6.11. The van der Waals surface area contributed by atoms with Crippen molar-refractivity contribution in [3.05, 3.63) is 36.5 Å². The van der Waals surface area contributed by atoms with Crippen LogP contribution in [0.2, 0.25) is 0 Å². The fourth-order valence-corrected chi connectivity index (χ4v) is 4.01. The van der Waals surface area contributed by atoms with Gasteiger partial charge in [-0.3, -0.25) is 4.98 Å². The summed E-state index contributed by atoms with van der Waals surface area (Å²) in [7, 11) is 0. The highest BCUT2D eigenvalue weighted by Crippen LogP contribution is 2.34. The molecule has 6 nitrogen and oxygen atoms in total. The van der Waals surface area contributed by atoms with Gasteiger partial charge in [0.25, 0.3) is 0 Å². The van der Waals surface area contributed by atoms with Crippen molar-refractivity contribution in [1.29, 1.82) is 0 Å². The van der Waals surface area contributed by atoms with E-state index in [1.165, 1.54) is 32.5 Å². The lowest BCUT2D eigenvalue weighted by Gasteiger charge is -2.42. The van der Waals surface area contributed by atoms with Crippen LogP contribution < -0.4 is 4.90 Å². The minimum Gasteiger partial charge on any atom is -0.369 e. The van der Waals surface area contributed by atoms with Crippen molar-refractivity contribution < 1.29 is 4.63 Å². The van der Waals surface area contributed by atoms with Crippen molar-refractivity contribution in [2.45, 2.75) is 12.8 Å². The van der Waals surface area contributed by atoms with E-state index in [9.17, 15) is 0 Å². The van der Waals surface area contributed by atoms with Crippen LogP contribution in [0.3, 0.4) is 0 Å². The number of likely N-dealkylation sites (tertiary alicyclic amines) is 1. The van der Waals surface area contributed by atoms with Gasteiger partial charge in [0.15, 0.2) is 5.52 Å². The van der Waals surface area contributed by atoms with E-state index in [0.717, 1.165) is 47.0 Å². The molecule has 2 aliphatic heterocycles. The van der Waals surface area contributed by atoms with E-state index in [2.05, 4.69) is 31.2 Å². The van der Waals surface area contributed by atoms with Crippen LogP contribution in [0.25, 0.3) is 22.3 Å². The highest BCUT2D eigenvalue weighted by molar-refractivity contribution is 5.92. The molecule has 0 atom stereocenters. The molecule has 2 fully saturated rings. The molecular weight excluding hydrogens is 314 g/mol. The zero-order valence-corrected chi connectivity index (χ0v) is 14.1. The van der Waals surface area contributed by atoms with Crippen LogP contribution in [0.4, 0.5) is 5.69 Å². The number of rotatable bonds is 4. The average molecular weight is 335 g/mol. The normalized spacial score (nSPS) is 18.8. The third-order valence-corrected chi connectivity index (χ3v) is 5.31. The minimum absolute atomic E-state index is 0.742. The van der Waals surface area contributed by atoms with E-state index in [-0.39, 0.29) is 0 Å². The maximum Gasteiger partial charge on any atom is 0.158 e. The number of pyridine rings is 1. The summed E-state index contributed by atoms with van der Waals surface area (Å²) in [5.74, 6) is 0.742. The smallest absolute Gasteiger partial charge is 0.158 e. The van der Waals surface area contributed by atoms with Crippen LogP contribution in [-0.4, -0.2) is 52.9 Å². The highest BCUT2D eigenvalue weighted by atomic mass is 16.6. The van der Waals surface area contributed by atoms with Crippen molar-refractivity contribution in [2.75, 3.05) is 37.6 Å². The van der Waals surface area contributed by atoms with E-state index < -0.39 is 0 Å². The lowest BCUT2D eigenvalue weighted by Crippen LogP contribution is -2.51. The predicted molar refractivity (Wildman–Crippen MR) is 96.4 cm³/mol. The van der Waals surface area contributed by atoms with Gasteiger partial charge in [0.2, 0.25) is 0 Å². The number of hydrogen-bond donors (Lipinski definition) is 0. The first kappa shape index (κ1) is 14.8. The first-order valence-corrected chi connectivity index (χ1v) is 9.02. The third kappa shape index (κ3) is 2.76. The van der Waals surface area contributed by atoms with Gasteiger partial charge in [0, 0.05) is 37.3 Å². The molecule has 3 aromatic rings. The lowest BCUT2D eigenvalue weighted by molar-refractivity contribution is 0.247. The number of fused-ring (bicyclic) bond motifs is 1. The Morgan fingerprint density at radius 1 is 1.08 bits per heavy atom. The molecule has 2 saturated heterocycles. The number of anilines is 1. The average Bonchev–Trinajstić information content (AvgIpc) is 3.29. The molecule has 4 heterocycles. The van der Waals surface area contributed by atoms with Gasteiger partial charge in [-0.05, 0) is 60.5 Å². The summed E-state index contributed by atoms with van der Waals surface area (Å²) in [5, 5.41) is 8.19. The monoisotopic (exact) mass is 335 g/mol. The summed E-state index contributed by atoms with van der Waals surface area (Å²) in [6.07, 6.45) is 4.53. The van der Waals surface area contributed by atoms with Gasteiger partial charge in [-0.15, -0.1) is 0 Å². The van der Waals surface area contributed by atoms with Crippen LogP contribution in [-0.2, 0) is 0 Å². The maximum atomic E-state index is 4.99. The molecule has 6 heteroatoms. The summed E-state index contributed by atoms with van der Waals surface area (Å²) in [6, 6.07) is 10.1. The summed E-state index contributed by atoms with van der Waals surface area (Å²) in [6.45, 7) is 5.90. The molecule has 0 saturated carbocycles. The van der Waals surface area contributed by atoms with Crippen LogP contribution >= 0.6 is 0 Å². The molecule has 0 aliphatic carbocycles. The second-order valence-corrected chi connectivity index (χ2v) is 7.12. The molecule has 1 aromatic carbocycles. The fourth-order valence-electron chi connectivity index (χ4n) is 4.01. The number of aromatic nitrogens is 3. The maximum absolute atomic E-state index is 4.99. The van der Waals surface area contributed by atoms with E-state index in [0.29, 0.717) is 0 Å². The molecule has 0 bridgehead atoms. The molecule has 0 unspecified atom stereocenters. The van der Waals surface area contributed by atoms with Crippen LogP contribution in [0.15, 0.2) is 41.2 Å². The van der Waals surface area contributed by atoms with E-state index in [1.54, 1.807) is 0 Å². The van der Waals surface area contributed by atoms with E-state index in [1.807, 2.05) is 30.5 Å². The van der Waals surface area contributed by atoms with Crippen molar-refractivity contribution in [3.8, 4) is 11.3 Å². The molecule has 5 rings (SSSR count). The Bertz CT molecular complexity index is 866. The first-order chi connectivity index (χ1) is 12.4. The fraction of sp³-hybridized carbons (Fsp3) is 0.421. The molecule has 0 radical (unpaired) electrons. The van der Waals surface area contributed by atoms with Gasteiger partial charge in [0.1, 0.15) is 5.52 Å². The summed E-state index contributed by atoms with van der Waals surface area (Å²) in [5.41, 5.74) is 4.75. The third-order valence-electron chi connectivity index (χ3n) is 5.31. The Kier molecular flexibility index (Phi) is 3.63. The zero-order valence-electron chi connectivity index (χ0n) is 14.1. The van der Waals surface area contributed by atoms with Crippen molar-refractivity contribution in [3.63, 3.8) is 0 Å². The highest BCUT2D eigenvalue weighted by Gasteiger charge is 2.31. The molecule has 0 spiro atoms. The molecule has 0 amide bonds. The topological polar surface area (TPSA) is 58.3 Å². The Morgan fingerprint density at radius 2 is 1.96 bits per heavy atom. The number of hydrogen-bond acceptors (Lipinski definition) is 6. The Morgan fingerprint density at radius 3 is 2.76 bits per heavy atom. The Balaban J connectivity index is 1.40. The van der Waals surface area contributed by atoms with Gasteiger partial charge in [-0.2, -0.15) is 0 Å². The SMILES string of the molecule is c1ccc(-c2cc(N3CC(CN4CCCC4)C3)c3nonc3c2)nc1. The minimum atomic E-state index is 0.742. The van der Waals surface area contributed by atoms with Gasteiger partial charge < -0.3 is 9.80 Å². The molecule has 25 heavy (non-hydrogen) atoms. The lowest BCUT2D eigenvalue weighted by atomic mass is 9.97. The van der Waals surface area contributed by atoms with Crippen molar-refractivity contribution in [2.24, 2.45) is 5.92 Å². The molecule has 2 aromatic heterocycles. The van der Waals surface area contributed by atoms with Gasteiger partial charge in [0.05, 0.1) is 11.4 Å². The summed E-state index contributed by atoms with van der Waals surface area (Å²) >= 11 is 0. The molecular formula is C19H21N5O. The van der Waals surface area contributed by atoms with Gasteiger partial charge >= 0.3 is 0 Å². The zero-order chi connectivity index (χ0) is 16.6. The van der Waals surface area contributed by atoms with Crippen molar-refractivity contribution in [1.82, 2.24) is 20.2 Å². The largest absolute Gasteiger partial charge is 0.369 e. The van der Waals surface area contributed by atoms with E-state index >= 15 is 0 Å². The first-order valence-electron chi connectivity index (χ1n) is 9.02. The van der Waals surface area contributed by atoms with E-state index in [4.69, 9.17) is 4.63 Å².